The van der Waals surface area contributed by atoms with Gasteiger partial charge in [0.1, 0.15) is 5.75 Å². The Balaban J connectivity index is 1.70. The van der Waals surface area contributed by atoms with Gasteiger partial charge in [0.2, 0.25) is 0 Å². The van der Waals surface area contributed by atoms with Gasteiger partial charge < -0.3 is 14.8 Å². The predicted molar refractivity (Wildman–Crippen MR) is 90.9 cm³/mol. The van der Waals surface area contributed by atoms with E-state index in [9.17, 15) is 9.59 Å². The molecule has 0 bridgehead atoms. The van der Waals surface area contributed by atoms with Crippen LogP contribution in [0.4, 0.5) is 0 Å². The number of rotatable bonds is 7. The second kappa shape index (κ2) is 8.93. The molecule has 0 saturated carbocycles. The standard InChI is InChI=1S/C18H18ClNO4/c1-13(14-7-9-15(19)10-8-14)20-17(21)11-24-18(22)12-23-16-5-3-2-4-6-16/h2-10,13H,11-12H2,1H3,(H,20,21)/t13-/m0/s1. The normalized spacial score (nSPS) is 11.4. The van der Waals surface area contributed by atoms with Crippen LogP contribution in [0, 0.1) is 0 Å². The number of amides is 1. The highest BCUT2D eigenvalue weighted by Gasteiger charge is 2.12. The number of nitrogens with one attached hydrogen (secondary N) is 1. The SMILES string of the molecule is C[C@H](NC(=O)COC(=O)COc1ccccc1)c1ccc(Cl)cc1. The molecule has 24 heavy (non-hydrogen) atoms. The summed E-state index contributed by atoms with van der Waals surface area (Å²) in [5.41, 5.74) is 0.909. The highest BCUT2D eigenvalue weighted by Crippen LogP contribution is 2.15. The number of hydrogen-bond acceptors (Lipinski definition) is 4. The summed E-state index contributed by atoms with van der Waals surface area (Å²) in [5.74, 6) is -0.422. The lowest BCUT2D eigenvalue weighted by atomic mass is 10.1. The molecule has 6 heteroatoms. The fraction of sp³-hybridized carbons (Fsp3) is 0.222. The lowest BCUT2D eigenvalue weighted by Gasteiger charge is -2.14. The minimum absolute atomic E-state index is 0.214. The van der Waals surface area contributed by atoms with Crippen LogP contribution in [-0.4, -0.2) is 25.1 Å². The minimum atomic E-state index is -0.604. The second-order valence-electron chi connectivity index (χ2n) is 5.10. The average molecular weight is 348 g/mol. The summed E-state index contributed by atoms with van der Waals surface area (Å²) in [6, 6.07) is 15.8. The third kappa shape index (κ3) is 5.93. The lowest BCUT2D eigenvalue weighted by molar-refractivity contribution is -0.150. The Morgan fingerprint density at radius 1 is 1.04 bits per heavy atom. The molecule has 0 aromatic heterocycles. The van der Waals surface area contributed by atoms with Crippen molar-refractivity contribution in [2.45, 2.75) is 13.0 Å². The first kappa shape index (κ1) is 17.8. The Morgan fingerprint density at radius 3 is 2.38 bits per heavy atom. The van der Waals surface area contributed by atoms with Gasteiger partial charge in [0.15, 0.2) is 13.2 Å². The monoisotopic (exact) mass is 347 g/mol. The van der Waals surface area contributed by atoms with Gasteiger partial charge in [-0.3, -0.25) is 4.79 Å². The molecular formula is C18H18ClNO4. The fourth-order valence-corrected chi connectivity index (χ4v) is 2.09. The van der Waals surface area contributed by atoms with E-state index in [4.69, 9.17) is 21.1 Å². The summed E-state index contributed by atoms with van der Waals surface area (Å²) in [6.07, 6.45) is 0. The Labute approximate surface area is 145 Å². The molecule has 0 unspecified atom stereocenters. The van der Waals surface area contributed by atoms with Gasteiger partial charge >= 0.3 is 5.97 Å². The highest BCUT2D eigenvalue weighted by molar-refractivity contribution is 6.30. The molecule has 0 saturated heterocycles. The summed E-state index contributed by atoms with van der Waals surface area (Å²) in [5, 5.41) is 3.37. The molecule has 2 aromatic rings. The quantitative estimate of drug-likeness (QED) is 0.781. The van der Waals surface area contributed by atoms with Crippen LogP contribution in [0.3, 0.4) is 0 Å². The molecule has 1 amide bonds. The Morgan fingerprint density at radius 2 is 1.71 bits per heavy atom. The van der Waals surface area contributed by atoms with E-state index in [2.05, 4.69) is 5.32 Å². The molecule has 126 valence electrons. The van der Waals surface area contributed by atoms with Crippen LogP contribution in [0.15, 0.2) is 54.6 Å². The first-order valence-corrected chi connectivity index (χ1v) is 7.80. The molecule has 2 aromatic carbocycles. The minimum Gasteiger partial charge on any atom is -0.482 e. The zero-order valence-corrected chi connectivity index (χ0v) is 14.0. The van der Waals surface area contributed by atoms with E-state index in [1.807, 2.05) is 25.1 Å². The topological polar surface area (TPSA) is 64.6 Å². The van der Waals surface area contributed by atoms with Gasteiger partial charge in [0, 0.05) is 5.02 Å². The lowest BCUT2D eigenvalue weighted by Crippen LogP contribution is -2.31. The first-order chi connectivity index (χ1) is 11.5. The van der Waals surface area contributed by atoms with Crippen LogP contribution in [-0.2, 0) is 14.3 Å². The molecule has 0 spiro atoms. The molecule has 1 N–H and O–H groups in total. The molecule has 0 aliphatic rings. The van der Waals surface area contributed by atoms with Gasteiger partial charge in [-0.2, -0.15) is 0 Å². The zero-order chi connectivity index (χ0) is 17.4. The van der Waals surface area contributed by atoms with Crippen LogP contribution >= 0.6 is 11.6 Å². The van der Waals surface area contributed by atoms with E-state index < -0.39 is 5.97 Å². The molecule has 5 nitrogen and oxygen atoms in total. The van der Waals surface area contributed by atoms with Crippen molar-refractivity contribution in [3.05, 3.63) is 65.2 Å². The third-order valence-corrected chi connectivity index (χ3v) is 3.46. The average Bonchev–Trinajstić information content (AvgIpc) is 2.59. The van der Waals surface area contributed by atoms with E-state index in [-0.39, 0.29) is 25.2 Å². The van der Waals surface area contributed by atoms with Crippen molar-refractivity contribution in [2.24, 2.45) is 0 Å². The van der Waals surface area contributed by atoms with E-state index in [1.165, 1.54) is 0 Å². The van der Waals surface area contributed by atoms with Crippen molar-refractivity contribution in [2.75, 3.05) is 13.2 Å². The van der Waals surface area contributed by atoms with Gasteiger partial charge in [-0.1, -0.05) is 41.9 Å². The van der Waals surface area contributed by atoms with E-state index in [1.54, 1.807) is 36.4 Å². The van der Waals surface area contributed by atoms with Crippen LogP contribution in [0.25, 0.3) is 0 Å². The van der Waals surface area contributed by atoms with Gasteiger partial charge in [0.25, 0.3) is 5.91 Å². The van der Waals surface area contributed by atoms with Crippen molar-refractivity contribution < 1.29 is 19.1 Å². The number of hydrogen-bond donors (Lipinski definition) is 1. The van der Waals surface area contributed by atoms with Crippen molar-refractivity contribution in [1.29, 1.82) is 0 Å². The number of para-hydroxylation sites is 1. The van der Waals surface area contributed by atoms with Crippen LogP contribution in [0.5, 0.6) is 5.75 Å². The number of carbonyl (C=O) groups is 2. The first-order valence-electron chi connectivity index (χ1n) is 7.43. The Bertz CT molecular complexity index is 673. The van der Waals surface area contributed by atoms with Gasteiger partial charge in [-0.15, -0.1) is 0 Å². The molecule has 0 radical (unpaired) electrons. The Kier molecular flexibility index (Phi) is 6.63. The van der Waals surface area contributed by atoms with Crippen molar-refractivity contribution in [3.63, 3.8) is 0 Å². The molecule has 0 heterocycles. The Hall–Kier alpha value is -2.53. The number of ether oxygens (including phenoxy) is 2. The van der Waals surface area contributed by atoms with Crippen LogP contribution in [0.2, 0.25) is 5.02 Å². The van der Waals surface area contributed by atoms with Crippen LogP contribution in [0.1, 0.15) is 18.5 Å². The maximum atomic E-state index is 11.8. The van der Waals surface area contributed by atoms with Crippen molar-refractivity contribution >= 4 is 23.5 Å². The van der Waals surface area contributed by atoms with Crippen molar-refractivity contribution in [3.8, 4) is 5.75 Å². The maximum absolute atomic E-state index is 11.8. The van der Waals surface area contributed by atoms with E-state index in [0.717, 1.165) is 5.56 Å². The molecule has 1 atom stereocenters. The van der Waals surface area contributed by atoms with Crippen molar-refractivity contribution in [1.82, 2.24) is 5.32 Å². The molecule has 0 aliphatic carbocycles. The number of carbonyl (C=O) groups excluding carboxylic acids is 2. The molecule has 2 rings (SSSR count). The van der Waals surface area contributed by atoms with Gasteiger partial charge in [0.05, 0.1) is 6.04 Å². The van der Waals surface area contributed by atoms with Crippen LogP contribution < -0.4 is 10.1 Å². The number of esters is 1. The summed E-state index contributed by atoms with van der Waals surface area (Å²) in [6.45, 7) is 1.24. The highest BCUT2D eigenvalue weighted by atomic mass is 35.5. The smallest absolute Gasteiger partial charge is 0.344 e. The number of benzene rings is 2. The fourth-order valence-electron chi connectivity index (χ4n) is 1.96. The summed E-state index contributed by atoms with van der Waals surface area (Å²) in [7, 11) is 0. The van der Waals surface area contributed by atoms with E-state index in [0.29, 0.717) is 10.8 Å². The summed E-state index contributed by atoms with van der Waals surface area (Å²) >= 11 is 5.82. The number of halogens is 1. The second-order valence-corrected chi connectivity index (χ2v) is 5.54. The molecule has 0 fully saturated rings. The predicted octanol–water partition coefficient (Wildman–Crippen LogP) is 3.14. The summed E-state index contributed by atoms with van der Waals surface area (Å²) < 4.78 is 10.1. The maximum Gasteiger partial charge on any atom is 0.344 e. The summed E-state index contributed by atoms with van der Waals surface area (Å²) in [4.78, 5) is 23.4. The van der Waals surface area contributed by atoms with Gasteiger partial charge in [-0.25, -0.2) is 4.79 Å². The van der Waals surface area contributed by atoms with E-state index >= 15 is 0 Å². The molecular weight excluding hydrogens is 330 g/mol. The zero-order valence-electron chi connectivity index (χ0n) is 13.2. The van der Waals surface area contributed by atoms with Gasteiger partial charge in [-0.05, 0) is 36.8 Å². The largest absolute Gasteiger partial charge is 0.482 e. The molecule has 0 aliphatic heterocycles. The third-order valence-electron chi connectivity index (χ3n) is 3.21.